The number of nitro benzene ring substituents is 2. The van der Waals surface area contributed by atoms with Crippen molar-refractivity contribution in [1.29, 1.82) is 0 Å². The van der Waals surface area contributed by atoms with Gasteiger partial charge in [0.2, 0.25) is 0 Å². The highest BCUT2D eigenvalue weighted by Gasteiger charge is 2.37. The van der Waals surface area contributed by atoms with Crippen molar-refractivity contribution in [2.45, 2.75) is 52.7 Å². The van der Waals surface area contributed by atoms with Crippen molar-refractivity contribution in [3.63, 3.8) is 0 Å². The van der Waals surface area contributed by atoms with Crippen molar-refractivity contribution >= 4 is 54.0 Å². The first-order valence-corrected chi connectivity index (χ1v) is 13.7. The summed E-state index contributed by atoms with van der Waals surface area (Å²) >= 11 is 11.7. The second-order valence-corrected chi connectivity index (χ2v) is 12.0. The first-order chi connectivity index (χ1) is 16.9. The lowest BCUT2D eigenvalue weighted by atomic mass is 10.1. The summed E-state index contributed by atoms with van der Waals surface area (Å²) in [6.07, 6.45) is 0. The first kappa shape index (κ1) is 33.0. The van der Waals surface area contributed by atoms with E-state index < -0.39 is 46.2 Å². The zero-order valence-corrected chi connectivity index (χ0v) is 24.0. The number of nitrogens with one attached hydrogen (secondary N) is 1. The van der Waals surface area contributed by atoms with Crippen LogP contribution in [0.2, 0.25) is 0 Å². The second-order valence-electron chi connectivity index (χ2n) is 9.68. The van der Waals surface area contributed by atoms with E-state index in [0.29, 0.717) is 0 Å². The van der Waals surface area contributed by atoms with Crippen molar-refractivity contribution in [2.75, 3.05) is 42.9 Å². The molecular formula is C21H33Cl2N4O9P. The van der Waals surface area contributed by atoms with E-state index in [9.17, 15) is 29.6 Å². The Kier molecular flexibility index (Phi) is 12.2. The lowest BCUT2D eigenvalue weighted by Gasteiger charge is -2.30. The Morgan fingerprint density at radius 1 is 1.00 bits per heavy atom. The molecule has 0 aliphatic heterocycles. The number of rotatable bonds is 14. The Morgan fingerprint density at radius 3 is 1.92 bits per heavy atom. The number of phosphoric ester groups is 1. The Balaban J connectivity index is 3.26. The minimum Gasteiger partial charge on any atom is -0.363 e. The summed E-state index contributed by atoms with van der Waals surface area (Å²) in [6, 6.07) is 1.71. The van der Waals surface area contributed by atoms with Crippen LogP contribution in [-0.2, 0) is 18.1 Å². The molecule has 0 aliphatic rings. The lowest BCUT2D eigenvalue weighted by Crippen LogP contribution is -2.33. The van der Waals surface area contributed by atoms with Crippen molar-refractivity contribution < 1.29 is 32.8 Å². The number of nitrogens with zero attached hydrogens (tertiary/aromatic N) is 3. The van der Waals surface area contributed by atoms with Gasteiger partial charge in [0.1, 0.15) is 5.69 Å². The topological polar surface area (TPSA) is 163 Å². The fourth-order valence-electron chi connectivity index (χ4n) is 3.05. The molecule has 1 rings (SSSR count). The molecule has 1 aromatic carbocycles. The monoisotopic (exact) mass is 586 g/mol. The quantitative estimate of drug-likeness (QED) is 0.0997. The Morgan fingerprint density at radius 2 is 1.51 bits per heavy atom. The zero-order valence-electron chi connectivity index (χ0n) is 21.6. The average Bonchev–Trinajstić information content (AvgIpc) is 2.72. The molecular weight excluding hydrogens is 554 g/mol. The van der Waals surface area contributed by atoms with Crippen LogP contribution in [0.3, 0.4) is 0 Å². The summed E-state index contributed by atoms with van der Waals surface area (Å²) in [5, 5.41) is 25.6. The molecule has 1 amide bonds. The number of nitro groups is 2. The molecule has 0 saturated heterocycles. The minimum atomic E-state index is -4.05. The number of non-ortho nitro benzene ring substituents is 1. The third-order valence-electron chi connectivity index (χ3n) is 4.16. The van der Waals surface area contributed by atoms with Crippen LogP contribution < -0.4 is 10.2 Å². The van der Waals surface area contributed by atoms with Crippen LogP contribution in [-0.4, -0.2) is 65.0 Å². The van der Waals surface area contributed by atoms with Gasteiger partial charge in [0.05, 0.1) is 39.3 Å². The number of carbonyl (C=O) groups excluding carboxylic acids is 1. The molecule has 16 heteroatoms. The van der Waals surface area contributed by atoms with Gasteiger partial charge >= 0.3 is 7.82 Å². The Labute approximate surface area is 225 Å². The fraction of sp³-hybridized carbons (Fsp3) is 0.667. The van der Waals surface area contributed by atoms with Crippen LogP contribution in [0.1, 0.15) is 51.9 Å². The van der Waals surface area contributed by atoms with Crippen LogP contribution in [0.5, 0.6) is 0 Å². The largest absolute Gasteiger partial charge is 0.475 e. The molecule has 1 aromatic rings. The average molecular weight is 587 g/mol. The molecule has 0 heterocycles. The van der Waals surface area contributed by atoms with E-state index in [4.69, 9.17) is 36.8 Å². The third-order valence-corrected chi connectivity index (χ3v) is 6.54. The summed E-state index contributed by atoms with van der Waals surface area (Å²) in [7, 11) is -4.05. The van der Waals surface area contributed by atoms with E-state index in [1.165, 1.54) is 4.90 Å². The normalized spacial score (nSPS) is 12.3. The SMILES string of the molecule is CC(C)(C)OP(=O)(OCCNC(=O)c1cc([N+](=O)[O-])cc([N+](=O)[O-])c1N(CCCl)CCCl)OC(C)(C)C. The summed E-state index contributed by atoms with van der Waals surface area (Å²) in [4.78, 5) is 36.0. The molecule has 0 bridgehead atoms. The van der Waals surface area contributed by atoms with Gasteiger partial charge in [-0.2, -0.15) is 0 Å². The predicted molar refractivity (Wildman–Crippen MR) is 141 cm³/mol. The van der Waals surface area contributed by atoms with E-state index in [1.54, 1.807) is 41.5 Å². The molecule has 0 unspecified atom stereocenters. The van der Waals surface area contributed by atoms with Gasteiger partial charge in [0, 0.05) is 37.5 Å². The standard InChI is InChI=1S/C21H33Cl2N4O9P/c1-20(2,3)35-37(33,36-21(4,5)6)34-12-9-24-19(28)16-13-15(26(29)30)14-17(27(31)32)18(16)25(10-7-22)11-8-23/h13-14H,7-12H2,1-6H3,(H,24,28). The van der Waals surface area contributed by atoms with Crippen molar-refractivity contribution in [1.82, 2.24) is 5.32 Å². The fourth-order valence-corrected chi connectivity index (χ4v) is 5.26. The van der Waals surface area contributed by atoms with E-state index in [2.05, 4.69) is 5.32 Å². The van der Waals surface area contributed by atoms with Crippen LogP contribution in [0.15, 0.2) is 12.1 Å². The molecule has 13 nitrogen and oxygen atoms in total. The third kappa shape index (κ3) is 11.1. The maximum atomic E-state index is 13.1. The van der Waals surface area contributed by atoms with E-state index in [0.717, 1.165) is 12.1 Å². The van der Waals surface area contributed by atoms with Gasteiger partial charge in [-0.1, -0.05) is 0 Å². The van der Waals surface area contributed by atoms with Crippen molar-refractivity contribution in [3.8, 4) is 0 Å². The molecule has 0 aliphatic carbocycles. The van der Waals surface area contributed by atoms with Crippen molar-refractivity contribution in [2.24, 2.45) is 0 Å². The number of benzene rings is 1. The minimum absolute atomic E-state index is 0.0523. The van der Waals surface area contributed by atoms with Crippen LogP contribution in [0.4, 0.5) is 17.1 Å². The Bertz CT molecular complexity index is 1000. The molecule has 210 valence electrons. The summed E-state index contributed by atoms with van der Waals surface area (Å²) in [6.45, 7) is 9.66. The number of amides is 1. The number of hydrogen-bond acceptors (Lipinski definition) is 10. The molecule has 0 fully saturated rings. The molecule has 0 atom stereocenters. The number of halogens is 2. The molecule has 0 spiro atoms. The molecule has 0 radical (unpaired) electrons. The molecule has 1 N–H and O–H groups in total. The summed E-state index contributed by atoms with van der Waals surface area (Å²) < 4.78 is 29.5. The Hall–Kier alpha value is -2.02. The highest BCUT2D eigenvalue weighted by molar-refractivity contribution is 7.48. The maximum absolute atomic E-state index is 13.1. The molecule has 0 saturated carbocycles. The zero-order chi connectivity index (χ0) is 28.6. The van der Waals surface area contributed by atoms with Gasteiger partial charge in [-0.15, -0.1) is 23.2 Å². The van der Waals surface area contributed by atoms with E-state index >= 15 is 0 Å². The second kappa shape index (κ2) is 13.7. The van der Waals surface area contributed by atoms with E-state index in [-0.39, 0.29) is 49.3 Å². The van der Waals surface area contributed by atoms with Crippen LogP contribution >= 0.6 is 31.0 Å². The van der Waals surface area contributed by atoms with Gasteiger partial charge in [-0.3, -0.25) is 38.6 Å². The number of carbonyl (C=O) groups is 1. The smallest absolute Gasteiger partial charge is 0.363 e. The van der Waals surface area contributed by atoms with Gasteiger partial charge in [0.15, 0.2) is 0 Å². The maximum Gasteiger partial charge on any atom is 0.475 e. The molecule has 37 heavy (non-hydrogen) atoms. The number of hydrogen-bond donors (Lipinski definition) is 1. The molecule has 0 aromatic heterocycles. The summed E-state index contributed by atoms with van der Waals surface area (Å²) in [5.74, 6) is -0.754. The van der Waals surface area contributed by atoms with Crippen LogP contribution in [0, 0.1) is 20.2 Å². The van der Waals surface area contributed by atoms with Gasteiger partial charge in [0.25, 0.3) is 17.3 Å². The predicted octanol–water partition coefficient (Wildman–Crippen LogP) is 5.27. The number of anilines is 1. The highest BCUT2D eigenvalue weighted by Crippen LogP contribution is 2.55. The van der Waals surface area contributed by atoms with E-state index in [1.807, 2.05) is 0 Å². The number of phosphoric acid groups is 1. The highest BCUT2D eigenvalue weighted by atomic mass is 35.5. The van der Waals surface area contributed by atoms with Gasteiger partial charge in [-0.05, 0) is 41.5 Å². The van der Waals surface area contributed by atoms with Gasteiger partial charge in [-0.25, -0.2) is 4.57 Å². The van der Waals surface area contributed by atoms with Gasteiger partial charge < -0.3 is 10.2 Å². The number of alkyl halides is 2. The lowest BCUT2D eigenvalue weighted by molar-refractivity contribution is -0.393. The van der Waals surface area contributed by atoms with Crippen LogP contribution in [0.25, 0.3) is 0 Å². The first-order valence-electron chi connectivity index (χ1n) is 11.2. The van der Waals surface area contributed by atoms with Crippen molar-refractivity contribution in [3.05, 3.63) is 37.9 Å². The summed E-state index contributed by atoms with van der Waals surface area (Å²) in [5.41, 5.74) is -3.50.